The van der Waals surface area contributed by atoms with Gasteiger partial charge in [-0.25, -0.2) is 4.98 Å². The Hall–Kier alpha value is -3.15. The molecule has 1 aliphatic rings. The second-order valence-electron chi connectivity index (χ2n) is 6.39. The van der Waals surface area contributed by atoms with Crippen molar-refractivity contribution in [3.63, 3.8) is 0 Å². The lowest BCUT2D eigenvalue weighted by atomic mass is 9.95. The lowest BCUT2D eigenvalue weighted by Crippen LogP contribution is -2.30. The number of Topliss-reactive ketones (excluding diaryl/α,β-unsaturated/α-hetero) is 1. The van der Waals surface area contributed by atoms with Gasteiger partial charge in [0, 0.05) is 21.8 Å². The Morgan fingerprint density at radius 2 is 1.62 bits per heavy atom. The highest BCUT2D eigenvalue weighted by molar-refractivity contribution is 6.51. The molecule has 3 aromatic rings. The molecule has 2 heterocycles. The van der Waals surface area contributed by atoms with Crippen LogP contribution < -0.4 is 4.90 Å². The van der Waals surface area contributed by atoms with Gasteiger partial charge < -0.3 is 5.11 Å². The first-order valence-electron chi connectivity index (χ1n) is 8.71. The number of carbonyl (C=O) groups excluding carboxylic acids is 2. The van der Waals surface area contributed by atoms with Gasteiger partial charge in [0.15, 0.2) is 0 Å². The zero-order valence-corrected chi connectivity index (χ0v) is 16.4. The summed E-state index contributed by atoms with van der Waals surface area (Å²) in [4.78, 5) is 31.4. The number of pyridine rings is 1. The van der Waals surface area contributed by atoms with Crippen LogP contribution >= 0.6 is 23.2 Å². The smallest absolute Gasteiger partial charge is 0.301 e. The Morgan fingerprint density at radius 3 is 2.28 bits per heavy atom. The van der Waals surface area contributed by atoms with Gasteiger partial charge >= 0.3 is 5.91 Å². The summed E-state index contributed by atoms with van der Waals surface area (Å²) in [5.41, 5.74) is 0.816. The molecule has 0 spiro atoms. The summed E-state index contributed by atoms with van der Waals surface area (Å²) in [6.45, 7) is 0. The summed E-state index contributed by atoms with van der Waals surface area (Å²) in [6, 6.07) is 17.3. The quantitative estimate of drug-likeness (QED) is 0.364. The van der Waals surface area contributed by atoms with Crippen LogP contribution in [0.1, 0.15) is 17.2 Å². The number of aliphatic hydroxyl groups excluding tert-OH is 1. The minimum atomic E-state index is -0.922. The highest BCUT2D eigenvalue weighted by Gasteiger charge is 2.48. The van der Waals surface area contributed by atoms with Crippen LogP contribution in [0, 0.1) is 0 Å². The van der Waals surface area contributed by atoms with Crippen molar-refractivity contribution in [3.8, 4) is 0 Å². The van der Waals surface area contributed by atoms with E-state index in [1.165, 1.54) is 11.1 Å². The van der Waals surface area contributed by atoms with Gasteiger partial charge in [0.25, 0.3) is 5.78 Å². The molecule has 1 unspecified atom stereocenters. The van der Waals surface area contributed by atoms with E-state index >= 15 is 0 Å². The molecule has 1 fully saturated rings. The summed E-state index contributed by atoms with van der Waals surface area (Å²) < 4.78 is 0. The number of aliphatic hydroxyl groups is 1. The lowest BCUT2D eigenvalue weighted by molar-refractivity contribution is -0.132. The van der Waals surface area contributed by atoms with Gasteiger partial charge in [0.05, 0.1) is 11.6 Å². The van der Waals surface area contributed by atoms with E-state index in [4.69, 9.17) is 23.2 Å². The van der Waals surface area contributed by atoms with Crippen molar-refractivity contribution in [2.75, 3.05) is 4.90 Å². The van der Waals surface area contributed by atoms with E-state index in [-0.39, 0.29) is 17.2 Å². The molecule has 144 valence electrons. The third-order valence-corrected chi connectivity index (χ3v) is 5.25. The maximum absolute atomic E-state index is 13.0. The molecule has 1 saturated heterocycles. The van der Waals surface area contributed by atoms with Gasteiger partial charge in [0.1, 0.15) is 11.6 Å². The average molecular weight is 425 g/mol. The summed E-state index contributed by atoms with van der Waals surface area (Å²) in [7, 11) is 0. The van der Waals surface area contributed by atoms with E-state index in [2.05, 4.69) is 4.98 Å². The molecule has 0 radical (unpaired) electrons. The topological polar surface area (TPSA) is 70.5 Å². The van der Waals surface area contributed by atoms with E-state index in [0.29, 0.717) is 21.2 Å². The highest BCUT2D eigenvalue weighted by Crippen LogP contribution is 2.43. The number of carbonyl (C=O) groups is 2. The van der Waals surface area contributed by atoms with Crippen molar-refractivity contribution >= 4 is 46.5 Å². The van der Waals surface area contributed by atoms with Crippen LogP contribution in [0.3, 0.4) is 0 Å². The van der Waals surface area contributed by atoms with Crippen LogP contribution in [0.4, 0.5) is 5.82 Å². The Kier molecular flexibility index (Phi) is 5.09. The van der Waals surface area contributed by atoms with Gasteiger partial charge in [-0.3, -0.25) is 14.5 Å². The Morgan fingerprint density at radius 1 is 0.931 bits per heavy atom. The zero-order valence-electron chi connectivity index (χ0n) is 14.9. The van der Waals surface area contributed by atoms with Crippen molar-refractivity contribution in [3.05, 3.63) is 99.7 Å². The predicted molar refractivity (Wildman–Crippen MR) is 112 cm³/mol. The fourth-order valence-electron chi connectivity index (χ4n) is 3.32. The molecule has 1 aromatic heterocycles. The van der Waals surface area contributed by atoms with Crippen LogP contribution in [0.25, 0.3) is 5.76 Å². The SMILES string of the molecule is O=C1C(=O)N(c2ccccn2)C(c2ccccc2Cl)C1=C(O)c1ccc(Cl)cc1. The minimum Gasteiger partial charge on any atom is -0.507 e. The number of hydrogen-bond donors (Lipinski definition) is 1. The van der Waals surface area contributed by atoms with Crippen molar-refractivity contribution in [2.24, 2.45) is 0 Å². The first-order chi connectivity index (χ1) is 14.0. The molecule has 1 aliphatic heterocycles. The van der Waals surface area contributed by atoms with Crippen molar-refractivity contribution in [1.29, 1.82) is 0 Å². The average Bonchev–Trinajstić information content (AvgIpc) is 3.00. The molecule has 4 rings (SSSR count). The standard InChI is InChI=1S/C22H14Cl2N2O3/c23-14-10-8-13(9-11-14)20(27)18-19(15-5-1-2-6-16(15)24)26(22(29)21(18)28)17-7-3-4-12-25-17/h1-12,19,27H. The van der Waals surface area contributed by atoms with E-state index < -0.39 is 17.7 Å². The van der Waals surface area contributed by atoms with Gasteiger partial charge in [-0.15, -0.1) is 0 Å². The molecule has 29 heavy (non-hydrogen) atoms. The van der Waals surface area contributed by atoms with Gasteiger partial charge in [-0.1, -0.05) is 47.5 Å². The van der Waals surface area contributed by atoms with E-state index in [1.807, 2.05) is 0 Å². The van der Waals surface area contributed by atoms with Crippen molar-refractivity contribution in [2.45, 2.75) is 6.04 Å². The number of rotatable bonds is 3. The Bertz CT molecular complexity index is 1130. The molecule has 0 bridgehead atoms. The van der Waals surface area contributed by atoms with Crippen LogP contribution in [-0.2, 0) is 9.59 Å². The normalized spacial score (nSPS) is 18.3. The summed E-state index contributed by atoms with van der Waals surface area (Å²) in [5, 5.41) is 11.8. The summed E-state index contributed by atoms with van der Waals surface area (Å²) in [6.07, 6.45) is 1.53. The fourth-order valence-corrected chi connectivity index (χ4v) is 3.68. The summed E-state index contributed by atoms with van der Waals surface area (Å²) in [5.74, 6) is -1.62. The molecule has 1 amide bonds. The summed E-state index contributed by atoms with van der Waals surface area (Å²) >= 11 is 12.3. The third kappa shape index (κ3) is 3.39. The van der Waals surface area contributed by atoms with Crippen LogP contribution in [-0.4, -0.2) is 21.8 Å². The minimum absolute atomic E-state index is 0.0592. The van der Waals surface area contributed by atoms with Gasteiger partial charge in [-0.05, 0) is 48.0 Å². The Balaban J connectivity index is 1.97. The van der Waals surface area contributed by atoms with Crippen LogP contribution in [0.15, 0.2) is 78.5 Å². The number of nitrogens with zero attached hydrogens (tertiary/aromatic N) is 2. The molecule has 0 aliphatic carbocycles. The lowest BCUT2D eigenvalue weighted by Gasteiger charge is -2.25. The molecule has 0 saturated carbocycles. The van der Waals surface area contributed by atoms with Crippen LogP contribution in [0.5, 0.6) is 0 Å². The van der Waals surface area contributed by atoms with Gasteiger partial charge in [0.2, 0.25) is 0 Å². The number of benzene rings is 2. The molecular formula is C22H14Cl2N2O3. The molecule has 7 heteroatoms. The molecule has 1 atom stereocenters. The molecule has 5 nitrogen and oxygen atoms in total. The third-order valence-electron chi connectivity index (χ3n) is 4.66. The van der Waals surface area contributed by atoms with Crippen molar-refractivity contribution in [1.82, 2.24) is 4.98 Å². The number of halogens is 2. The van der Waals surface area contributed by atoms with Crippen LogP contribution in [0.2, 0.25) is 10.0 Å². The molecule has 2 aromatic carbocycles. The fraction of sp³-hybridized carbons (Fsp3) is 0.0455. The second-order valence-corrected chi connectivity index (χ2v) is 7.23. The maximum Gasteiger partial charge on any atom is 0.301 e. The monoisotopic (exact) mass is 424 g/mol. The predicted octanol–water partition coefficient (Wildman–Crippen LogP) is 5.01. The molecular weight excluding hydrogens is 411 g/mol. The Labute approximate surface area is 176 Å². The second kappa shape index (κ2) is 7.70. The first-order valence-corrected chi connectivity index (χ1v) is 9.47. The largest absolute Gasteiger partial charge is 0.507 e. The zero-order chi connectivity index (χ0) is 20.5. The van der Waals surface area contributed by atoms with E-state index in [1.54, 1.807) is 66.7 Å². The maximum atomic E-state index is 13.0. The van der Waals surface area contributed by atoms with Crippen molar-refractivity contribution < 1.29 is 14.7 Å². The highest BCUT2D eigenvalue weighted by atomic mass is 35.5. The number of anilines is 1. The van der Waals surface area contributed by atoms with Gasteiger partial charge in [-0.2, -0.15) is 0 Å². The van der Waals surface area contributed by atoms with E-state index in [9.17, 15) is 14.7 Å². The number of hydrogen-bond acceptors (Lipinski definition) is 4. The van der Waals surface area contributed by atoms with E-state index in [0.717, 1.165) is 0 Å². The number of ketones is 1. The first kappa shape index (κ1) is 19.2. The molecule has 1 N–H and O–H groups in total. The number of amides is 1. The number of aromatic nitrogens is 1.